The van der Waals surface area contributed by atoms with Crippen molar-refractivity contribution in [3.05, 3.63) is 54.5 Å². The Balaban J connectivity index is 1.57. The molecule has 7 nitrogen and oxygen atoms in total. The van der Waals surface area contributed by atoms with Gasteiger partial charge in [0.2, 0.25) is 5.91 Å². The average Bonchev–Trinajstić information content (AvgIpc) is 3.32. The molecule has 0 saturated heterocycles. The molecule has 130 valence electrons. The quantitative estimate of drug-likeness (QED) is 0.690. The van der Waals surface area contributed by atoms with Crippen LogP contribution in [0.3, 0.4) is 0 Å². The minimum Gasteiger partial charge on any atom is -0.497 e. The summed E-state index contributed by atoms with van der Waals surface area (Å²) in [5.74, 6) is 2.11. The van der Waals surface area contributed by atoms with Crippen molar-refractivity contribution in [2.24, 2.45) is 0 Å². The molecule has 0 aliphatic rings. The number of hydrogen-bond acceptors (Lipinski definition) is 5. The summed E-state index contributed by atoms with van der Waals surface area (Å²) in [4.78, 5) is 13.8. The number of furan rings is 1. The predicted octanol–water partition coefficient (Wildman–Crippen LogP) is 2.43. The molecule has 0 radical (unpaired) electrons. The number of H-pyrrole nitrogens is 1. The van der Waals surface area contributed by atoms with Crippen LogP contribution < -0.4 is 15.0 Å². The molecule has 3 aromatic rings. The Morgan fingerprint density at radius 2 is 2.12 bits per heavy atom. The van der Waals surface area contributed by atoms with Gasteiger partial charge in [0.1, 0.15) is 11.5 Å². The molecule has 0 saturated carbocycles. The van der Waals surface area contributed by atoms with Gasteiger partial charge >= 0.3 is 0 Å². The molecule has 0 fully saturated rings. The Morgan fingerprint density at radius 3 is 2.80 bits per heavy atom. The molecule has 0 aliphatic carbocycles. The molecule has 25 heavy (non-hydrogen) atoms. The molecule has 1 amide bonds. The minimum atomic E-state index is -0.104. The second kappa shape index (κ2) is 7.57. The van der Waals surface area contributed by atoms with Crippen molar-refractivity contribution in [1.82, 2.24) is 15.5 Å². The summed E-state index contributed by atoms with van der Waals surface area (Å²) in [5, 5.41) is 10.1. The normalized spacial score (nSPS) is 10.5. The molecule has 0 spiro atoms. The van der Waals surface area contributed by atoms with E-state index in [2.05, 4.69) is 15.5 Å². The fourth-order valence-corrected chi connectivity index (χ4v) is 2.38. The number of anilines is 1. The van der Waals surface area contributed by atoms with Crippen LogP contribution in [0.15, 0.2) is 53.1 Å². The lowest BCUT2D eigenvalue weighted by Crippen LogP contribution is -2.34. The number of nitrogens with zero attached hydrogens (tertiary/aromatic N) is 2. The summed E-state index contributed by atoms with van der Waals surface area (Å²) in [5.41, 5.74) is 1.87. The molecule has 0 unspecified atom stereocenters. The van der Waals surface area contributed by atoms with Gasteiger partial charge in [0.05, 0.1) is 32.2 Å². The first-order chi connectivity index (χ1) is 12.2. The Kier molecular flexibility index (Phi) is 5.03. The number of likely N-dealkylation sites (N-methyl/N-ethyl adjacent to an activating group) is 1. The van der Waals surface area contributed by atoms with Crippen LogP contribution in [0.4, 0.5) is 5.82 Å². The van der Waals surface area contributed by atoms with Gasteiger partial charge in [-0.2, -0.15) is 5.10 Å². The molecular formula is C18H20N4O3. The zero-order chi connectivity index (χ0) is 17.6. The van der Waals surface area contributed by atoms with Gasteiger partial charge < -0.3 is 19.4 Å². The van der Waals surface area contributed by atoms with Crippen LogP contribution in [0.25, 0.3) is 11.3 Å². The van der Waals surface area contributed by atoms with E-state index in [0.29, 0.717) is 12.4 Å². The van der Waals surface area contributed by atoms with Crippen LogP contribution in [-0.2, 0) is 11.3 Å². The Morgan fingerprint density at radius 1 is 1.32 bits per heavy atom. The number of rotatable bonds is 7. The molecule has 3 rings (SSSR count). The van der Waals surface area contributed by atoms with Crippen LogP contribution in [0.2, 0.25) is 0 Å². The predicted molar refractivity (Wildman–Crippen MR) is 94.4 cm³/mol. The number of benzene rings is 1. The summed E-state index contributed by atoms with van der Waals surface area (Å²) < 4.78 is 10.3. The molecular weight excluding hydrogens is 320 g/mol. The maximum atomic E-state index is 12.0. The maximum Gasteiger partial charge on any atom is 0.239 e. The average molecular weight is 340 g/mol. The molecule has 2 N–H and O–H groups in total. The van der Waals surface area contributed by atoms with Crippen LogP contribution >= 0.6 is 0 Å². The fourth-order valence-electron chi connectivity index (χ4n) is 2.38. The number of nitrogens with one attached hydrogen (secondary N) is 2. The number of methoxy groups -OCH3 is 1. The molecule has 0 bridgehead atoms. The topological polar surface area (TPSA) is 83.4 Å². The van der Waals surface area contributed by atoms with Crippen molar-refractivity contribution < 1.29 is 13.9 Å². The number of aromatic amines is 1. The van der Waals surface area contributed by atoms with Gasteiger partial charge in [0, 0.05) is 13.1 Å². The van der Waals surface area contributed by atoms with E-state index in [1.54, 1.807) is 24.3 Å². The largest absolute Gasteiger partial charge is 0.497 e. The molecule has 7 heteroatoms. The Bertz CT molecular complexity index is 809. The van der Waals surface area contributed by atoms with Crippen molar-refractivity contribution in [3.8, 4) is 17.0 Å². The van der Waals surface area contributed by atoms with E-state index >= 15 is 0 Å². The number of carbonyl (C=O) groups excluding carboxylic acids is 1. The summed E-state index contributed by atoms with van der Waals surface area (Å²) in [6.07, 6.45) is 1.58. The number of ether oxygens (including phenoxy) is 1. The third-order valence-corrected chi connectivity index (χ3v) is 3.78. The Hall–Kier alpha value is -3.22. The van der Waals surface area contributed by atoms with Gasteiger partial charge in [0.15, 0.2) is 5.82 Å². The van der Waals surface area contributed by atoms with E-state index in [0.717, 1.165) is 22.8 Å². The van der Waals surface area contributed by atoms with E-state index in [-0.39, 0.29) is 12.5 Å². The first kappa shape index (κ1) is 16.6. The smallest absolute Gasteiger partial charge is 0.239 e. The third-order valence-electron chi connectivity index (χ3n) is 3.78. The second-order valence-electron chi connectivity index (χ2n) is 5.58. The van der Waals surface area contributed by atoms with E-state index in [9.17, 15) is 4.79 Å². The molecule has 1 aromatic carbocycles. The SMILES string of the molecule is COc1ccc(-c2cc(N(C)CC(=O)NCc3ccco3)n[nH]2)cc1. The van der Waals surface area contributed by atoms with E-state index < -0.39 is 0 Å². The molecule has 2 aromatic heterocycles. The number of hydrogen-bond donors (Lipinski definition) is 2. The zero-order valence-electron chi connectivity index (χ0n) is 14.2. The monoisotopic (exact) mass is 340 g/mol. The summed E-state index contributed by atoms with van der Waals surface area (Å²) in [7, 11) is 3.45. The van der Waals surface area contributed by atoms with Crippen molar-refractivity contribution in [1.29, 1.82) is 0 Å². The lowest BCUT2D eigenvalue weighted by Gasteiger charge is -2.15. The fraction of sp³-hybridized carbons (Fsp3) is 0.222. The minimum absolute atomic E-state index is 0.104. The molecule has 0 atom stereocenters. The van der Waals surface area contributed by atoms with Crippen LogP contribution in [0.5, 0.6) is 5.75 Å². The van der Waals surface area contributed by atoms with E-state index in [1.165, 1.54) is 0 Å². The van der Waals surface area contributed by atoms with Gasteiger partial charge in [-0.15, -0.1) is 0 Å². The van der Waals surface area contributed by atoms with Gasteiger partial charge in [-0.3, -0.25) is 9.89 Å². The Labute approximate surface area is 145 Å². The van der Waals surface area contributed by atoms with Crippen LogP contribution in [0.1, 0.15) is 5.76 Å². The molecule has 2 heterocycles. The van der Waals surface area contributed by atoms with Crippen molar-refractivity contribution >= 4 is 11.7 Å². The standard InChI is InChI=1S/C18H20N4O3/c1-22(12-18(23)19-11-15-4-3-9-25-15)17-10-16(20-21-17)13-5-7-14(24-2)8-6-13/h3-10H,11-12H2,1-2H3,(H,19,23)(H,20,21). The molecule has 0 aliphatic heterocycles. The number of carbonyl (C=O) groups is 1. The van der Waals surface area contributed by atoms with Gasteiger partial charge in [0.25, 0.3) is 0 Å². The van der Waals surface area contributed by atoms with Crippen LogP contribution in [0, 0.1) is 0 Å². The lowest BCUT2D eigenvalue weighted by atomic mass is 10.1. The highest BCUT2D eigenvalue weighted by molar-refractivity contribution is 5.81. The first-order valence-electron chi connectivity index (χ1n) is 7.86. The highest BCUT2D eigenvalue weighted by Crippen LogP contribution is 2.23. The van der Waals surface area contributed by atoms with Gasteiger partial charge in [-0.1, -0.05) is 0 Å². The van der Waals surface area contributed by atoms with Gasteiger partial charge in [-0.25, -0.2) is 0 Å². The number of amides is 1. The second-order valence-corrected chi connectivity index (χ2v) is 5.58. The third kappa shape index (κ3) is 4.20. The van der Waals surface area contributed by atoms with E-state index in [4.69, 9.17) is 9.15 Å². The summed E-state index contributed by atoms with van der Waals surface area (Å²) in [6, 6.07) is 13.2. The van der Waals surface area contributed by atoms with Crippen LogP contribution in [-0.4, -0.2) is 36.8 Å². The van der Waals surface area contributed by atoms with Crippen molar-refractivity contribution in [2.75, 3.05) is 25.6 Å². The van der Waals surface area contributed by atoms with Gasteiger partial charge in [-0.05, 0) is 42.0 Å². The van der Waals surface area contributed by atoms with E-state index in [1.807, 2.05) is 43.4 Å². The van der Waals surface area contributed by atoms with Crippen molar-refractivity contribution in [3.63, 3.8) is 0 Å². The summed E-state index contributed by atoms with van der Waals surface area (Å²) in [6.45, 7) is 0.574. The summed E-state index contributed by atoms with van der Waals surface area (Å²) >= 11 is 0. The maximum absolute atomic E-state index is 12.0. The lowest BCUT2D eigenvalue weighted by molar-refractivity contribution is -0.120. The zero-order valence-corrected chi connectivity index (χ0v) is 14.2. The van der Waals surface area contributed by atoms with Crippen molar-refractivity contribution in [2.45, 2.75) is 6.54 Å². The first-order valence-corrected chi connectivity index (χ1v) is 7.86. The highest BCUT2D eigenvalue weighted by atomic mass is 16.5. The highest BCUT2D eigenvalue weighted by Gasteiger charge is 2.12. The number of aromatic nitrogens is 2.